The lowest BCUT2D eigenvalue weighted by Gasteiger charge is -2.14. The lowest BCUT2D eigenvalue weighted by atomic mass is 9.97. The zero-order chi connectivity index (χ0) is 7.98. The molecule has 2 heteroatoms. The van der Waals surface area contributed by atoms with Crippen LogP contribution in [0.1, 0.15) is 26.7 Å². The summed E-state index contributed by atoms with van der Waals surface area (Å²) in [6, 6.07) is 0. The largest absolute Gasteiger partial charge is 0.393 e. The van der Waals surface area contributed by atoms with E-state index in [0.717, 1.165) is 12.8 Å². The van der Waals surface area contributed by atoms with Crippen molar-refractivity contribution in [2.75, 3.05) is 0 Å². The van der Waals surface area contributed by atoms with Gasteiger partial charge >= 0.3 is 0 Å². The second-order valence-electron chi connectivity index (χ2n) is 2.51. The van der Waals surface area contributed by atoms with E-state index in [1.165, 1.54) is 5.54 Å². The van der Waals surface area contributed by atoms with Gasteiger partial charge < -0.3 is 5.11 Å². The van der Waals surface area contributed by atoms with Crippen LogP contribution in [-0.2, 0) is 0 Å². The molecule has 0 aliphatic rings. The Morgan fingerprint density at radius 2 is 2.20 bits per heavy atom. The van der Waals surface area contributed by atoms with E-state index in [1.54, 1.807) is 0 Å². The number of rotatable bonds is 4. The van der Waals surface area contributed by atoms with E-state index in [-0.39, 0.29) is 6.10 Å². The van der Waals surface area contributed by atoms with Crippen LogP contribution in [0, 0.1) is 5.92 Å². The van der Waals surface area contributed by atoms with E-state index in [1.807, 2.05) is 13.0 Å². The Bertz CT molecular complexity index is 99.4. The standard InChI is InChI=1S/C8H15ClO/c1-3-8(7(2)10)5-4-6-9/h4,6-8,10H,3,5H2,1-2H3/b6-4+. The Morgan fingerprint density at radius 3 is 2.50 bits per heavy atom. The first-order valence-electron chi connectivity index (χ1n) is 3.65. The van der Waals surface area contributed by atoms with Gasteiger partial charge in [0.2, 0.25) is 0 Å². The summed E-state index contributed by atoms with van der Waals surface area (Å²) in [6.45, 7) is 3.88. The highest BCUT2D eigenvalue weighted by molar-refractivity contribution is 6.25. The predicted molar refractivity (Wildman–Crippen MR) is 45.1 cm³/mol. The first-order valence-corrected chi connectivity index (χ1v) is 4.09. The summed E-state index contributed by atoms with van der Waals surface area (Å²) in [7, 11) is 0. The molecule has 0 saturated carbocycles. The third kappa shape index (κ3) is 3.91. The monoisotopic (exact) mass is 162 g/mol. The molecule has 0 bridgehead atoms. The molecule has 0 aliphatic carbocycles. The lowest BCUT2D eigenvalue weighted by Crippen LogP contribution is -2.14. The molecule has 10 heavy (non-hydrogen) atoms. The minimum Gasteiger partial charge on any atom is -0.393 e. The molecule has 2 unspecified atom stereocenters. The molecule has 2 atom stereocenters. The third-order valence-corrected chi connectivity index (χ3v) is 1.91. The second kappa shape index (κ2) is 5.75. The molecule has 0 aromatic carbocycles. The van der Waals surface area contributed by atoms with Crippen LogP contribution in [0.25, 0.3) is 0 Å². The van der Waals surface area contributed by atoms with Crippen LogP contribution in [0.3, 0.4) is 0 Å². The van der Waals surface area contributed by atoms with E-state index in [4.69, 9.17) is 16.7 Å². The maximum Gasteiger partial charge on any atom is 0.0543 e. The van der Waals surface area contributed by atoms with Crippen molar-refractivity contribution >= 4 is 11.6 Å². The molecule has 1 N–H and O–H groups in total. The van der Waals surface area contributed by atoms with Crippen LogP contribution < -0.4 is 0 Å². The average Bonchev–Trinajstić information content (AvgIpc) is 1.89. The van der Waals surface area contributed by atoms with Gasteiger partial charge in [-0.1, -0.05) is 31.0 Å². The van der Waals surface area contributed by atoms with E-state index in [9.17, 15) is 0 Å². The number of aliphatic hydroxyl groups excluding tert-OH is 1. The highest BCUT2D eigenvalue weighted by Crippen LogP contribution is 2.13. The van der Waals surface area contributed by atoms with E-state index in [2.05, 4.69) is 6.92 Å². The summed E-state index contributed by atoms with van der Waals surface area (Å²) in [4.78, 5) is 0. The van der Waals surface area contributed by atoms with Crippen LogP contribution in [0.15, 0.2) is 11.6 Å². The smallest absolute Gasteiger partial charge is 0.0543 e. The molecule has 0 spiro atoms. The summed E-state index contributed by atoms with van der Waals surface area (Å²) in [5.74, 6) is 0.356. The van der Waals surface area contributed by atoms with Gasteiger partial charge in [0.05, 0.1) is 6.10 Å². The molecular formula is C8H15ClO. The van der Waals surface area contributed by atoms with Crippen molar-refractivity contribution in [3.05, 3.63) is 11.6 Å². The molecule has 0 heterocycles. The zero-order valence-electron chi connectivity index (χ0n) is 6.55. The first-order chi connectivity index (χ1) is 4.72. The fourth-order valence-electron chi connectivity index (χ4n) is 0.931. The Morgan fingerprint density at radius 1 is 1.60 bits per heavy atom. The summed E-state index contributed by atoms with van der Waals surface area (Å²) in [5, 5.41) is 9.16. The number of hydrogen-bond donors (Lipinski definition) is 1. The van der Waals surface area contributed by atoms with E-state index in [0.29, 0.717) is 5.92 Å². The topological polar surface area (TPSA) is 20.2 Å². The lowest BCUT2D eigenvalue weighted by molar-refractivity contribution is 0.124. The maximum absolute atomic E-state index is 9.16. The molecule has 0 aromatic heterocycles. The van der Waals surface area contributed by atoms with Gasteiger partial charge in [-0.05, 0) is 19.3 Å². The van der Waals surface area contributed by atoms with Crippen LogP contribution in [0.5, 0.6) is 0 Å². The quantitative estimate of drug-likeness (QED) is 0.674. The first kappa shape index (κ1) is 9.99. The third-order valence-electron chi connectivity index (χ3n) is 1.73. The molecule has 0 aliphatic heterocycles. The summed E-state index contributed by atoms with van der Waals surface area (Å²) in [5.41, 5.74) is 1.50. The molecular weight excluding hydrogens is 148 g/mol. The van der Waals surface area contributed by atoms with Crippen molar-refractivity contribution in [1.82, 2.24) is 0 Å². The van der Waals surface area contributed by atoms with Crippen molar-refractivity contribution in [2.24, 2.45) is 5.92 Å². The van der Waals surface area contributed by atoms with Crippen molar-refractivity contribution in [3.63, 3.8) is 0 Å². The fraction of sp³-hybridized carbons (Fsp3) is 0.750. The zero-order valence-corrected chi connectivity index (χ0v) is 7.30. The SMILES string of the molecule is CCC(C/C=C/Cl)C(C)O. The number of allylic oxidation sites excluding steroid dienone is 1. The molecule has 60 valence electrons. The Kier molecular flexibility index (Phi) is 5.74. The molecule has 0 fully saturated rings. The van der Waals surface area contributed by atoms with Gasteiger partial charge in [-0.15, -0.1) is 0 Å². The Hall–Kier alpha value is -0.0100. The molecule has 0 saturated heterocycles. The van der Waals surface area contributed by atoms with Crippen molar-refractivity contribution in [2.45, 2.75) is 32.8 Å². The molecule has 0 aromatic rings. The van der Waals surface area contributed by atoms with Gasteiger partial charge in [0.25, 0.3) is 0 Å². The number of aliphatic hydroxyl groups is 1. The van der Waals surface area contributed by atoms with E-state index < -0.39 is 0 Å². The normalized spacial score (nSPS) is 17.6. The van der Waals surface area contributed by atoms with Crippen molar-refractivity contribution < 1.29 is 5.11 Å². The van der Waals surface area contributed by atoms with Gasteiger partial charge in [-0.2, -0.15) is 0 Å². The number of hydrogen-bond acceptors (Lipinski definition) is 1. The van der Waals surface area contributed by atoms with Gasteiger partial charge in [0.15, 0.2) is 0 Å². The van der Waals surface area contributed by atoms with Crippen LogP contribution in [0.2, 0.25) is 0 Å². The minimum atomic E-state index is -0.224. The van der Waals surface area contributed by atoms with Gasteiger partial charge in [0, 0.05) is 5.54 Å². The number of halogens is 1. The highest BCUT2D eigenvalue weighted by atomic mass is 35.5. The fourth-order valence-corrected chi connectivity index (χ4v) is 1.03. The van der Waals surface area contributed by atoms with Crippen LogP contribution in [-0.4, -0.2) is 11.2 Å². The second-order valence-corrected chi connectivity index (χ2v) is 2.76. The Balaban J connectivity index is 3.60. The highest BCUT2D eigenvalue weighted by Gasteiger charge is 2.09. The maximum atomic E-state index is 9.16. The molecule has 1 nitrogen and oxygen atoms in total. The summed E-state index contributed by atoms with van der Waals surface area (Å²) in [6.07, 6.45) is 3.52. The average molecular weight is 163 g/mol. The molecule has 0 radical (unpaired) electrons. The minimum absolute atomic E-state index is 0.224. The summed E-state index contributed by atoms with van der Waals surface area (Å²) < 4.78 is 0. The van der Waals surface area contributed by atoms with Gasteiger partial charge in [-0.25, -0.2) is 0 Å². The van der Waals surface area contributed by atoms with Crippen LogP contribution in [0.4, 0.5) is 0 Å². The predicted octanol–water partition coefficient (Wildman–Crippen LogP) is 2.54. The summed E-state index contributed by atoms with van der Waals surface area (Å²) >= 11 is 5.35. The van der Waals surface area contributed by atoms with Crippen LogP contribution >= 0.6 is 11.6 Å². The molecule has 0 rings (SSSR count). The molecule has 0 amide bonds. The van der Waals surface area contributed by atoms with Gasteiger partial charge in [-0.3, -0.25) is 0 Å². The van der Waals surface area contributed by atoms with Crippen molar-refractivity contribution in [1.29, 1.82) is 0 Å². The Labute approximate surface area is 67.7 Å². The van der Waals surface area contributed by atoms with Crippen molar-refractivity contribution in [3.8, 4) is 0 Å². The van der Waals surface area contributed by atoms with Gasteiger partial charge in [0.1, 0.15) is 0 Å². The van der Waals surface area contributed by atoms with E-state index >= 15 is 0 Å².